The summed E-state index contributed by atoms with van der Waals surface area (Å²) in [6.07, 6.45) is 3.72. The summed E-state index contributed by atoms with van der Waals surface area (Å²) in [6, 6.07) is 2.72. The maximum atomic E-state index is 14.0. The van der Waals surface area contributed by atoms with Crippen LogP contribution in [-0.2, 0) is 9.84 Å². The number of hydrogen-bond acceptors (Lipinski definition) is 6. The number of nitrogens with one attached hydrogen (secondary N) is 2. The Kier molecular flexibility index (Phi) is 3.57. The molecule has 0 aliphatic carbocycles. The number of H-pyrrole nitrogens is 2. The second-order valence-corrected chi connectivity index (χ2v) is 8.22. The van der Waals surface area contributed by atoms with Gasteiger partial charge in [-0.25, -0.2) is 12.8 Å². The Balaban J connectivity index is 2.20. The smallest absolute Gasteiger partial charge is 0.272 e. The Labute approximate surface area is 152 Å². The summed E-state index contributed by atoms with van der Waals surface area (Å²) in [6.45, 7) is 1.58. The molecule has 0 saturated heterocycles. The number of nitrogens with zero attached hydrogens (tertiary/aromatic N) is 2. The fourth-order valence-corrected chi connectivity index (χ4v) is 4.12. The van der Waals surface area contributed by atoms with Gasteiger partial charge in [0.05, 0.1) is 22.1 Å². The number of benzene rings is 1. The van der Waals surface area contributed by atoms with Gasteiger partial charge in [0, 0.05) is 23.4 Å². The van der Waals surface area contributed by atoms with E-state index in [-0.39, 0.29) is 21.6 Å². The van der Waals surface area contributed by atoms with Crippen molar-refractivity contribution in [2.24, 2.45) is 0 Å². The Morgan fingerprint density at radius 3 is 2.63 bits per heavy atom. The van der Waals surface area contributed by atoms with Crippen LogP contribution in [0.1, 0.15) is 5.56 Å². The van der Waals surface area contributed by atoms with Gasteiger partial charge in [0.15, 0.2) is 9.84 Å². The largest absolute Gasteiger partial charge is 0.394 e. The van der Waals surface area contributed by atoms with E-state index in [1.54, 1.807) is 6.92 Å². The predicted molar refractivity (Wildman–Crippen MR) is 99.7 cm³/mol. The van der Waals surface area contributed by atoms with Gasteiger partial charge in [-0.05, 0) is 24.1 Å². The van der Waals surface area contributed by atoms with Gasteiger partial charge in [-0.15, -0.1) is 0 Å². The van der Waals surface area contributed by atoms with Gasteiger partial charge in [-0.1, -0.05) is 6.07 Å². The number of aromatic nitrogens is 4. The molecule has 4 N–H and O–H groups in total. The zero-order valence-electron chi connectivity index (χ0n) is 14.3. The first-order chi connectivity index (χ1) is 12.7. The summed E-state index contributed by atoms with van der Waals surface area (Å²) in [5.74, 6) is -0.498. The summed E-state index contributed by atoms with van der Waals surface area (Å²) in [5, 5.41) is 6.85. The summed E-state index contributed by atoms with van der Waals surface area (Å²) in [7, 11) is -3.54. The first-order valence-electron chi connectivity index (χ1n) is 7.83. The minimum Gasteiger partial charge on any atom is -0.394 e. The monoisotopic (exact) mass is 387 g/mol. The molecule has 0 aliphatic rings. The van der Waals surface area contributed by atoms with Crippen molar-refractivity contribution in [1.29, 1.82) is 0 Å². The van der Waals surface area contributed by atoms with E-state index in [1.165, 1.54) is 24.5 Å². The first-order valence-corrected chi connectivity index (χ1v) is 9.72. The molecule has 0 fully saturated rings. The number of pyridine rings is 2. The molecule has 0 bridgehead atoms. The fourth-order valence-electron chi connectivity index (χ4n) is 3.22. The molecule has 0 amide bonds. The fraction of sp³-hybridized carbons (Fsp3) is 0.118. The number of sulfone groups is 1. The summed E-state index contributed by atoms with van der Waals surface area (Å²) >= 11 is 0. The molecule has 138 valence electrons. The average molecular weight is 387 g/mol. The van der Waals surface area contributed by atoms with Crippen LogP contribution in [0, 0.1) is 12.7 Å². The van der Waals surface area contributed by atoms with Gasteiger partial charge in [0.1, 0.15) is 17.0 Å². The number of aryl methyl sites for hydroxylation is 1. The standard InChI is InChI=1S/C17H14FN5O3S/c1-7-11(27(2,25)26)6-20-16-12(13(19)17(24)22-14(7)16)8-3-4-10(18)15-9(8)5-21-23-15/h3-6H,19H2,1-2H3,(H,21,23)(H,22,24). The molecule has 4 rings (SSSR count). The third kappa shape index (κ3) is 2.48. The molecule has 4 aromatic rings. The van der Waals surface area contributed by atoms with Crippen LogP contribution in [0.4, 0.5) is 10.1 Å². The number of nitrogen functional groups attached to an aromatic ring is 1. The van der Waals surface area contributed by atoms with Crippen molar-refractivity contribution >= 4 is 37.5 Å². The maximum Gasteiger partial charge on any atom is 0.272 e. The average Bonchev–Trinajstić information content (AvgIpc) is 3.08. The number of halogens is 1. The molecule has 10 heteroatoms. The molecular formula is C17H14FN5O3S. The lowest BCUT2D eigenvalue weighted by molar-refractivity contribution is 0.601. The SMILES string of the molecule is Cc1c(S(C)(=O)=O)cnc2c(-c3ccc(F)c4[nH]ncc34)c(N)c(=O)[nH]c12. The van der Waals surface area contributed by atoms with Crippen molar-refractivity contribution in [3.8, 4) is 11.1 Å². The maximum absolute atomic E-state index is 14.0. The van der Waals surface area contributed by atoms with Gasteiger partial charge in [-0.3, -0.25) is 14.9 Å². The second-order valence-electron chi connectivity index (χ2n) is 6.24. The third-order valence-corrected chi connectivity index (χ3v) is 5.73. The van der Waals surface area contributed by atoms with E-state index < -0.39 is 21.2 Å². The quantitative estimate of drug-likeness (QED) is 0.481. The topological polar surface area (TPSA) is 135 Å². The molecule has 3 aromatic heterocycles. The van der Waals surface area contributed by atoms with Crippen molar-refractivity contribution in [3.63, 3.8) is 0 Å². The van der Waals surface area contributed by atoms with Crippen LogP contribution in [0.5, 0.6) is 0 Å². The van der Waals surface area contributed by atoms with Crippen LogP contribution in [0.3, 0.4) is 0 Å². The Morgan fingerprint density at radius 2 is 1.93 bits per heavy atom. The molecular weight excluding hydrogens is 373 g/mol. The Morgan fingerprint density at radius 1 is 1.19 bits per heavy atom. The second kappa shape index (κ2) is 5.61. The Bertz CT molecular complexity index is 1410. The van der Waals surface area contributed by atoms with E-state index in [0.29, 0.717) is 27.6 Å². The molecule has 1 aromatic carbocycles. The van der Waals surface area contributed by atoms with E-state index in [9.17, 15) is 17.6 Å². The van der Waals surface area contributed by atoms with E-state index in [4.69, 9.17) is 5.73 Å². The lowest BCUT2D eigenvalue weighted by Crippen LogP contribution is -2.15. The van der Waals surface area contributed by atoms with Gasteiger partial charge in [-0.2, -0.15) is 5.10 Å². The normalized spacial score (nSPS) is 12.1. The van der Waals surface area contributed by atoms with Gasteiger partial charge in [0.2, 0.25) is 0 Å². The van der Waals surface area contributed by atoms with Crippen molar-refractivity contribution in [3.05, 3.63) is 46.3 Å². The molecule has 0 aliphatic heterocycles. The number of aromatic amines is 2. The molecule has 3 heterocycles. The summed E-state index contributed by atoms with van der Waals surface area (Å²) in [5.41, 5.74) is 7.19. The summed E-state index contributed by atoms with van der Waals surface area (Å²) in [4.78, 5) is 19.3. The van der Waals surface area contributed by atoms with Crippen LogP contribution in [0.25, 0.3) is 33.1 Å². The van der Waals surface area contributed by atoms with Crippen molar-refractivity contribution < 1.29 is 12.8 Å². The third-order valence-electron chi connectivity index (χ3n) is 4.52. The van der Waals surface area contributed by atoms with Crippen LogP contribution in [0.2, 0.25) is 0 Å². The molecule has 0 saturated carbocycles. The molecule has 0 spiro atoms. The number of rotatable bonds is 2. The molecule has 0 atom stereocenters. The lowest BCUT2D eigenvalue weighted by Gasteiger charge is -2.13. The Hall–Kier alpha value is -3.27. The highest BCUT2D eigenvalue weighted by Crippen LogP contribution is 2.36. The van der Waals surface area contributed by atoms with E-state index >= 15 is 0 Å². The highest BCUT2D eigenvalue weighted by molar-refractivity contribution is 7.90. The summed E-state index contributed by atoms with van der Waals surface area (Å²) < 4.78 is 37.9. The van der Waals surface area contributed by atoms with E-state index in [1.807, 2.05) is 0 Å². The van der Waals surface area contributed by atoms with Crippen molar-refractivity contribution in [2.75, 3.05) is 12.0 Å². The highest BCUT2D eigenvalue weighted by atomic mass is 32.2. The van der Waals surface area contributed by atoms with Crippen molar-refractivity contribution in [2.45, 2.75) is 11.8 Å². The number of hydrogen-bond donors (Lipinski definition) is 3. The zero-order valence-corrected chi connectivity index (χ0v) is 15.1. The first kappa shape index (κ1) is 17.2. The minimum atomic E-state index is -3.54. The lowest BCUT2D eigenvalue weighted by atomic mass is 9.98. The van der Waals surface area contributed by atoms with Crippen LogP contribution >= 0.6 is 0 Å². The van der Waals surface area contributed by atoms with Crippen LogP contribution < -0.4 is 11.3 Å². The number of fused-ring (bicyclic) bond motifs is 2. The van der Waals surface area contributed by atoms with E-state index in [2.05, 4.69) is 20.2 Å². The molecule has 27 heavy (non-hydrogen) atoms. The number of nitrogens with two attached hydrogens (primary N) is 1. The van der Waals surface area contributed by atoms with Gasteiger partial charge in [0.25, 0.3) is 5.56 Å². The van der Waals surface area contributed by atoms with Crippen LogP contribution in [0.15, 0.2) is 34.2 Å². The molecule has 8 nitrogen and oxygen atoms in total. The number of anilines is 1. The molecule has 0 unspecified atom stereocenters. The highest BCUT2D eigenvalue weighted by Gasteiger charge is 2.21. The minimum absolute atomic E-state index is 0.00827. The molecule has 0 radical (unpaired) electrons. The van der Waals surface area contributed by atoms with Crippen LogP contribution in [-0.4, -0.2) is 34.8 Å². The van der Waals surface area contributed by atoms with Gasteiger partial charge < -0.3 is 10.7 Å². The van der Waals surface area contributed by atoms with Gasteiger partial charge >= 0.3 is 0 Å². The zero-order chi connectivity index (χ0) is 19.5. The predicted octanol–water partition coefficient (Wildman–Crippen LogP) is 1.90. The van der Waals surface area contributed by atoms with E-state index in [0.717, 1.165) is 6.26 Å². The van der Waals surface area contributed by atoms with Crippen molar-refractivity contribution in [1.82, 2.24) is 20.2 Å².